The van der Waals surface area contributed by atoms with E-state index in [4.69, 9.17) is 0 Å². The Kier molecular flexibility index (Phi) is 2.91. The Morgan fingerprint density at radius 3 is 2.67 bits per heavy atom. The van der Waals surface area contributed by atoms with E-state index in [9.17, 15) is 0 Å². The summed E-state index contributed by atoms with van der Waals surface area (Å²) in [7, 11) is 1.94. The molecule has 3 rings (SSSR count). The maximum Gasteiger partial charge on any atom is 0.136 e. The molecular formula is C13H19N5. The summed E-state index contributed by atoms with van der Waals surface area (Å²) >= 11 is 0. The van der Waals surface area contributed by atoms with E-state index in [-0.39, 0.29) is 0 Å². The third-order valence-corrected chi connectivity index (χ3v) is 3.78. The minimum absolute atomic E-state index is 1.02. The van der Waals surface area contributed by atoms with E-state index in [0.29, 0.717) is 0 Å². The second kappa shape index (κ2) is 4.57. The second-order valence-electron chi connectivity index (χ2n) is 4.78. The van der Waals surface area contributed by atoms with Crippen molar-refractivity contribution >= 4 is 16.7 Å². The number of piperazine rings is 1. The topological polar surface area (TPSA) is 37.2 Å². The highest BCUT2D eigenvalue weighted by Crippen LogP contribution is 2.25. The van der Waals surface area contributed by atoms with Gasteiger partial charge in [-0.05, 0) is 18.7 Å². The first-order valence-electron chi connectivity index (χ1n) is 6.55. The van der Waals surface area contributed by atoms with Crippen molar-refractivity contribution in [3.8, 4) is 0 Å². The Balaban J connectivity index is 1.91. The lowest BCUT2D eigenvalue weighted by Gasteiger charge is -2.35. The predicted molar refractivity (Wildman–Crippen MR) is 72.8 cm³/mol. The summed E-state index contributed by atoms with van der Waals surface area (Å²) < 4.78 is 1.83. The third kappa shape index (κ3) is 1.84. The highest BCUT2D eigenvalue weighted by Gasteiger charge is 2.18. The van der Waals surface area contributed by atoms with Crippen LogP contribution in [0.1, 0.15) is 6.92 Å². The Bertz CT molecular complexity index is 539. The predicted octanol–water partition coefficient (Wildman–Crippen LogP) is 1.11. The molecule has 5 nitrogen and oxygen atoms in total. The van der Waals surface area contributed by atoms with Crippen molar-refractivity contribution in [1.29, 1.82) is 0 Å². The molecule has 1 aromatic carbocycles. The van der Waals surface area contributed by atoms with E-state index in [1.54, 1.807) is 0 Å². The van der Waals surface area contributed by atoms with E-state index in [0.717, 1.165) is 43.8 Å². The normalized spacial score (nSPS) is 17.6. The van der Waals surface area contributed by atoms with Crippen LogP contribution in [0.3, 0.4) is 0 Å². The quantitative estimate of drug-likeness (QED) is 0.794. The Hall–Kier alpha value is -1.62. The number of fused-ring (bicyclic) bond motifs is 1. The van der Waals surface area contributed by atoms with Crippen LogP contribution >= 0.6 is 0 Å². The largest absolute Gasteiger partial charge is 0.367 e. The van der Waals surface area contributed by atoms with Crippen molar-refractivity contribution in [1.82, 2.24) is 19.9 Å². The summed E-state index contributed by atoms with van der Waals surface area (Å²) in [5.41, 5.74) is 3.34. The number of benzene rings is 1. The number of nitrogens with zero attached hydrogens (tertiary/aromatic N) is 5. The van der Waals surface area contributed by atoms with Crippen LogP contribution in [-0.4, -0.2) is 52.6 Å². The van der Waals surface area contributed by atoms with Gasteiger partial charge in [-0.3, -0.25) is 0 Å². The lowest BCUT2D eigenvalue weighted by Crippen LogP contribution is -2.46. The van der Waals surface area contributed by atoms with Crippen molar-refractivity contribution in [2.24, 2.45) is 7.05 Å². The Morgan fingerprint density at radius 2 is 1.94 bits per heavy atom. The standard InChI is InChI=1S/C13H19N5/c1-3-17-7-9-18(10-8-17)12-6-4-5-11-13(12)14-15-16(11)2/h4-6H,3,7-10H2,1-2H3. The molecule has 1 aliphatic rings. The minimum Gasteiger partial charge on any atom is -0.367 e. The zero-order valence-corrected chi connectivity index (χ0v) is 11.0. The molecule has 0 bridgehead atoms. The number of aryl methyl sites for hydroxylation is 1. The molecule has 1 aliphatic heterocycles. The van der Waals surface area contributed by atoms with Gasteiger partial charge in [-0.25, -0.2) is 4.68 Å². The van der Waals surface area contributed by atoms with Crippen LogP contribution in [0.15, 0.2) is 18.2 Å². The molecule has 0 aliphatic carbocycles. The summed E-state index contributed by atoms with van der Waals surface area (Å²) in [5.74, 6) is 0. The van der Waals surface area contributed by atoms with Gasteiger partial charge in [0.25, 0.3) is 0 Å². The third-order valence-electron chi connectivity index (χ3n) is 3.78. The highest BCUT2D eigenvalue weighted by molar-refractivity contribution is 5.88. The fraction of sp³-hybridized carbons (Fsp3) is 0.538. The molecule has 0 atom stereocenters. The van der Waals surface area contributed by atoms with Gasteiger partial charge in [0.15, 0.2) is 0 Å². The maximum absolute atomic E-state index is 4.29. The highest BCUT2D eigenvalue weighted by atomic mass is 15.4. The summed E-state index contributed by atoms with van der Waals surface area (Å²) in [5, 5.41) is 8.40. The molecule has 2 heterocycles. The summed E-state index contributed by atoms with van der Waals surface area (Å²) in [6.07, 6.45) is 0. The minimum atomic E-state index is 1.02. The van der Waals surface area contributed by atoms with Crippen LogP contribution < -0.4 is 4.90 Å². The van der Waals surface area contributed by atoms with Crippen LogP contribution in [0, 0.1) is 0 Å². The molecule has 0 radical (unpaired) electrons. The van der Waals surface area contributed by atoms with Crippen molar-refractivity contribution in [3.63, 3.8) is 0 Å². The smallest absolute Gasteiger partial charge is 0.136 e. The molecule has 96 valence electrons. The summed E-state index contributed by atoms with van der Waals surface area (Å²) in [6, 6.07) is 6.31. The zero-order valence-electron chi connectivity index (χ0n) is 11.0. The van der Waals surface area contributed by atoms with Gasteiger partial charge in [-0.15, -0.1) is 5.10 Å². The van der Waals surface area contributed by atoms with E-state index in [1.807, 2.05) is 11.7 Å². The first-order valence-corrected chi connectivity index (χ1v) is 6.55. The second-order valence-corrected chi connectivity index (χ2v) is 4.78. The molecule has 0 saturated carbocycles. The molecule has 1 saturated heterocycles. The monoisotopic (exact) mass is 245 g/mol. The van der Waals surface area contributed by atoms with E-state index < -0.39 is 0 Å². The first-order chi connectivity index (χ1) is 8.79. The summed E-state index contributed by atoms with van der Waals surface area (Å²) in [4.78, 5) is 4.90. The molecule has 0 N–H and O–H groups in total. The number of hydrogen-bond donors (Lipinski definition) is 0. The van der Waals surface area contributed by atoms with Gasteiger partial charge in [0.05, 0.1) is 11.2 Å². The van der Waals surface area contributed by atoms with Crippen LogP contribution in [0.25, 0.3) is 11.0 Å². The van der Waals surface area contributed by atoms with Crippen molar-refractivity contribution in [3.05, 3.63) is 18.2 Å². The lowest BCUT2D eigenvalue weighted by atomic mass is 10.2. The van der Waals surface area contributed by atoms with Gasteiger partial charge in [0, 0.05) is 33.2 Å². The summed E-state index contributed by atoms with van der Waals surface area (Å²) in [6.45, 7) is 7.77. The fourth-order valence-corrected chi connectivity index (χ4v) is 2.60. The number of anilines is 1. The van der Waals surface area contributed by atoms with Gasteiger partial charge >= 0.3 is 0 Å². The first kappa shape index (κ1) is 11.5. The Morgan fingerprint density at radius 1 is 1.17 bits per heavy atom. The maximum atomic E-state index is 4.29. The molecule has 0 spiro atoms. The van der Waals surface area contributed by atoms with E-state index in [1.165, 1.54) is 5.69 Å². The van der Waals surface area contributed by atoms with Crippen molar-refractivity contribution in [2.75, 3.05) is 37.6 Å². The van der Waals surface area contributed by atoms with Gasteiger partial charge in [0.2, 0.25) is 0 Å². The number of likely N-dealkylation sites (N-methyl/N-ethyl adjacent to an activating group) is 1. The van der Waals surface area contributed by atoms with Gasteiger partial charge < -0.3 is 9.80 Å². The molecule has 18 heavy (non-hydrogen) atoms. The molecule has 0 amide bonds. The van der Waals surface area contributed by atoms with Crippen LogP contribution in [-0.2, 0) is 7.05 Å². The van der Waals surface area contributed by atoms with E-state index >= 15 is 0 Å². The fourth-order valence-electron chi connectivity index (χ4n) is 2.60. The molecular weight excluding hydrogens is 226 g/mol. The van der Waals surface area contributed by atoms with Gasteiger partial charge in [-0.1, -0.05) is 18.2 Å². The Labute approximate surface area is 107 Å². The van der Waals surface area contributed by atoms with Crippen LogP contribution in [0.4, 0.5) is 5.69 Å². The number of aromatic nitrogens is 3. The number of hydrogen-bond acceptors (Lipinski definition) is 4. The van der Waals surface area contributed by atoms with Crippen LogP contribution in [0.5, 0.6) is 0 Å². The van der Waals surface area contributed by atoms with Gasteiger partial charge in [-0.2, -0.15) is 0 Å². The molecule has 1 fully saturated rings. The van der Waals surface area contributed by atoms with E-state index in [2.05, 4.69) is 45.2 Å². The molecule has 2 aromatic rings. The average molecular weight is 245 g/mol. The average Bonchev–Trinajstić information content (AvgIpc) is 2.81. The van der Waals surface area contributed by atoms with Crippen LogP contribution in [0.2, 0.25) is 0 Å². The number of rotatable bonds is 2. The molecule has 0 unspecified atom stereocenters. The molecule has 5 heteroatoms. The molecule has 1 aromatic heterocycles. The van der Waals surface area contributed by atoms with Crippen molar-refractivity contribution in [2.45, 2.75) is 6.92 Å². The van der Waals surface area contributed by atoms with Gasteiger partial charge in [0.1, 0.15) is 5.52 Å². The van der Waals surface area contributed by atoms with Crippen molar-refractivity contribution < 1.29 is 0 Å². The zero-order chi connectivity index (χ0) is 12.5. The SMILES string of the molecule is CCN1CCN(c2cccc3c2nnn3C)CC1. The lowest BCUT2D eigenvalue weighted by molar-refractivity contribution is 0.271.